The second-order valence-electron chi connectivity index (χ2n) is 7.82. The van der Waals surface area contributed by atoms with Gasteiger partial charge in [0.25, 0.3) is 0 Å². The Morgan fingerprint density at radius 3 is 2.86 bits per heavy atom. The van der Waals surface area contributed by atoms with Gasteiger partial charge >= 0.3 is 0 Å². The number of carbonyl (C=O) groups is 1. The molecule has 2 fully saturated rings. The van der Waals surface area contributed by atoms with Gasteiger partial charge in [-0.05, 0) is 18.8 Å². The zero-order valence-corrected chi connectivity index (χ0v) is 15.7. The molecule has 1 saturated carbocycles. The molecule has 0 N–H and O–H groups in total. The Morgan fingerprint density at radius 2 is 2.10 bits per heavy atom. The van der Waals surface area contributed by atoms with Gasteiger partial charge in [0.05, 0.1) is 30.9 Å². The van der Waals surface area contributed by atoms with Crippen molar-refractivity contribution in [2.24, 2.45) is 11.3 Å². The van der Waals surface area contributed by atoms with E-state index in [1.54, 1.807) is 6.20 Å². The summed E-state index contributed by atoms with van der Waals surface area (Å²) < 4.78 is 18.8. The molecule has 0 radical (unpaired) electrons. The number of nitriles is 1. The van der Waals surface area contributed by atoms with Gasteiger partial charge in [-0.25, -0.2) is 14.4 Å². The second kappa shape index (κ2) is 6.65. The van der Waals surface area contributed by atoms with Crippen LogP contribution in [0, 0.1) is 28.5 Å². The molecule has 8 nitrogen and oxygen atoms in total. The number of carbonyl (C=O) groups excluding carboxylic acids is 1. The summed E-state index contributed by atoms with van der Waals surface area (Å²) in [4.78, 5) is 29.5. The van der Waals surface area contributed by atoms with Crippen LogP contribution < -0.4 is 9.64 Å². The molecule has 1 saturated heterocycles. The average molecular weight is 394 g/mol. The van der Waals surface area contributed by atoms with Gasteiger partial charge in [0.1, 0.15) is 24.0 Å². The van der Waals surface area contributed by atoms with E-state index < -0.39 is 5.82 Å². The normalized spacial score (nSPS) is 25.2. The minimum atomic E-state index is -0.459. The van der Waals surface area contributed by atoms with E-state index in [9.17, 15) is 14.4 Å². The number of rotatable bonds is 2. The molecule has 29 heavy (non-hydrogen) atoms. The molecule has 2 aliphatic heterocycles. The first kappa shape index (κ1) is 17.8. The number of aromatic nitrogens is 3. The van der Waals surface area contributed by atoms with E-state index in [2.05, 4.69) is 21.0 Å². The first-order chi connectivity index (χ1) is 14.1. The van der Waals surface area contributed by atoms with Crippen molar-refractivity contribution in [1.29, 1.82) is 5.26 Å². The highest BCUT2D eigenvalue weighted by Crippen LogP contribution is 2.59. The van der Waals surface area contributed by atoms with E-state index in [4.69, 9.17) is 4.74 Å². The van der Waals surface area contributed by atoms with Crippen LogP contribution in [0.15, 0.2) is 24.8 Å². The van der Waals surface area contributed by atoms with E-state index in [0.29, 0.717) is 50.0 Å². The summed E-state index contributed by atoms with van der Waals surface area (Å²) in [6, 6.07) is 2.10. The van der Waals surface area contributed by atoms with E-state index in [-0.39, 0.29) is 17.2 Å². The van der Waals surface area contributed by atoms with Gasteiger partial charge in [-0.15, -0.1) is 0 Å². The predicted octanol–water partition coefficient (Wildman–Crippen LogP) is 1.52. The van der Waals surface area contributed by atoms with Crippen LogP contribution in [0.25, 0.3) is 0 Å². The van der Waals surface area contributed by atoms with Crippen LogP contribution in [-0.2, 0) is 11.3 Å². The lowest BCUT2D eigenvalue weighted by Crippen LogP contribution is -2.45. The van der Waals surface area contributed by atoms with E-state index in [1.165, 1.54) is 18.6 Å². The molecule has 1 amide bonds. The Balaban J connectivity index is 1.31. The number of amides is 1. The fraction of sp³-hybridized carbons (Fsp3) is 0.450. The lowest BCUT2D eigenvalue weighted by molar-refractivity contribution is -0.138. The largest absolute Gasteiger partial charge is 0.490 e. The fourth-order valence-electron chi connectivity index (χ4n) is 4.52. The van der Waals surface area contributed by atoms with Crippen LogP contribution in [0.1, 0.15) is 24.0 Å². The quantitative estimate of drug-likeness (QED) is 0.762. The van der Waals surface area contributed by atoms with Crippen molar-refractivity contribution in [2.45, 2.75) is 19.4 Å². The summed E-state index contributed by atoms with van der Waals surface area (Å²) in [5.41, 5.74) is 0.814. The molecule has 1 unspecified atom stereocenters. The Labute approximate surface area is 166 Å². The number of hydrogen-bond acceptors (Lipinski definition) is 7. The number of pyridine rings is 1. The molecule has 0 bridgehead atoms. The van der Waals surface area contributed by atoms with Crippen LogP contribution in [0.4, 0.5) is 10.3 Å². The number of hydrogen-bond donors (Lipinski definition) is 0. The second-order valence-corrected chi connectivity index (χ2v) is 7.82. The minimum absolute atomic E-state index is 0.140. The molecule has 2 aromatic rings. The van der Waals surface area contributed by atoms with E-state index in [0.717, 1.165) is 18.4 Å². The Morgan fingerprint density at radius 1 is 1.28 bits per heavy atom. The van der Waals surface area contributed by atoms with Gasteiger partial charge in [-0.3, -0.25) is 9.78 Å². The third-order valence-corrected chi connectivity index (χ3v) is 6.16. The SMILES string of the molecule is N#Cc1cncc2c1OCCN(C(=O)C13CCN(c4ncc(F)cn4)C[C@H]1C3)C2. The van der Waals surface area contributed by atoms with Crippen molar-refractivity contribution in [2.75, 3.05) is 31.1 Å². The molecule has 1 aliphatic carbocycles. The minimum Gasteiger partial charge on any atom is -0.490 e. The number of nitrogens with zero attached hydrogens (tertiary/aromatic N) is 6. The number of halogens is 1. The molecule has 5 rings (SSSR count). The number of fused-ring (bicyclic) bond motifs is 2. The van der Waals surface area contributed by atoms with Crippen molar-refractivity contribution in [3.8, 4) is 11.8 Å². The summed E-state index contributed by atoms with van der Waals surface area (Å²) in [5.74, 6) is 0.961. The van der Waals surface area contributed by atoms with E-state index in [1.807, 2.05) is 9.80 Å². The molecular weight excluding hydrogens is 375 g/mol. The van der Waals surface area contributed by atoms with Crippen molar-refractivity contribution in [3.05, 3.63) is 41.7 Å². The maximum atomic E-state index is 13.4. The molecular formula is C20H19FN6O2. The summed E-state index contributed by atoms with van der Waals surface area (Å²) in [6.45, 7) is 2.59. The monoisotopic (exact) mass is 394 g/mol. The van der Waals surface area contributed by atoms with Crippen molar-refractivity contribution < 1.29 is 13.9 Å². The van der Waals surface area contributed by atoms with Gasteiger partial charge in [0.2, 0.25) is 11.9 Å². The molecule has 4 heterocycles. The van der Waals surface area contributed by atoms with Crippen LogP contribution in [-0.4, -0.2) is 52.0 Å². The smallest absolute Gasteiger partial charge is 0.229 e. The Hall–Kier alpha value is -3.28. The maximum absolute atomic E-state index is 13.4. The zero-order chi connectivity index (χ0) is 20.0. The maximum Gasteiger partial charge on any atom is 0.229 e. The van der Waals surface area contributed by atoms with Crippen LogP contribution in [0.3, 0.4) is 0 Å². The molecule has 0 spiro atoms. The first-order valence-corrected chi connectivity index (χ1v) is 9.62. The van der Waals surface area contributed by atoms with Crippen LogP contribution in [0.2, 0.25) is 0 Å². The lowest BCUT2D eigenvalue weighted by Gasteiger charge is -2.33. The standard InChI is InChI=1S/C20H19FN6O2/c21-16-9-24-19(25-10-16)27-2-1-20(5-15(20)12-27)18(28)26-3-4-29-17-13(6-22)7-23-8-14(17)11-26/h7-10,15H,1-5,11-12H2/t15-,20?/m1/s1. The highest BCUT2D eigenvalue weighted by atomic mass is 19.1. The molecule has 2 atom stereocenters. The van der Waals surface area contributed by atoms with Crippen molar-refractivity contribution >= 4 is 11.9 Å². The highest BCUT2D eigenvalue weighted by Gasteiger charge is 2.63. The predicted molar refractivity (Wildman–Crippen MR) is 99.2 cm³/mol. The van der Waals surface area contributed by atoms with Gasteiger partial charge < -0.3 is 14.5 Å². The molecule has 9 heteroatoms. The highest BCUT2D eigenvalue weighted by molar-refractivity contribution is 5.86. The fourth-order valence-corrected chi connectivity index (χ4v) is 4.52. The molecule has 2 aromatic heterocycles. The van der Waals surface area contributed by atoms with Crippen LogP contribution in [0.5, 0.6) is 5.75 Å². The van der Waals surface area contributed by atoms with Gasteiger partial charge in [-0.2, -0.15) is 5.26 Å². The third-order valence-electron chi connectivity index (χ3n) is 6.16. The summed E-state index contributed by atoms with van der Waals surface area (Å²) in [7, 11) is 0. The van der Waals surface area contributed by atoms with Gasteiger partial charge in [0.15, 0.2) is 5.82 Å². The molecule has 148 valence electrons. The molecule has 0 aromatic carbocycles. The number of anilines is 1. The average Bonchev–Trinajstić information content (AvgIpc) is 3.51. The summed E-state index contributed by atoms with van der Waals surface area (Å²) in [5, 5.41) is 9.26. The first-order valence-electron chi connectivity index (χ1n) is 9.62. The summed E-state index contributed by atoms with van der Waals surface area (Å²) >= 11 is 0. The number of ether oxygens (including phenoxy) is 1. The Kier molecular flexibility index (Phi) is 4.08. The third kappa shape index (κ3) is 2.95. The number of piperidine rings is 1. The summed E-state index contributed by atoms with van der Waals surface area (Å²) in [6.07, 6.45) is 7.04. The van der Waals surface area contributed by atoms with Gasteiger partial charge in [-0.1, -0.05) is 0 Å². The van der Waals surface area contributed by atoms with Crippen molar-refractivity contribution in [3.63, 3.8) is 0 Å². The van der Waals surface area contributed by atoms with Crippen LogP contribution >= 0.6 is 0 Å². The lowest BCUT2D eigenvalue weighted by atomic mass is 9.93. The molecule has 3 aliphatic rings. The topological polar surface area (TPSA) is 95.2 Å². The zero-order valence-electron chi connectivity index (χ0n) is 15.7. The Bertz CT molecular complexity index is 1010. The van der Waals surface area contributed by atoms with Gasteiger partial charge in [0, 0.05) is 31.0 Å². The van der Waals surface area contributed by atoms with E-state index >= 15 is 0 Å². The van der Waals surface area contributed by atoms with Crippen molar-refractivity contribution in [1.82, 2.24) is 19.9 Å².